The third-order valence-corrected chi connectivity index (χ3v) is 5.34. The summed E-state index contributed by atoms with van der Waals surface area (Å²) < 4.78 is 24.2. The van der Waals surface area contributed by atoms with E-state index >= 15 is 0 Å². The lowest BCUT2D eigenvalue weighted by atomic mass is 10.2. The van der Waals surface area contributed by atoms with Crippen molar-refractivity contribution in [1.29, 1.82) is 0 Å². The fourth-order valence-electron chi connectivity index (χ4n) is 1.66. The van der Waals surface area contributed by atoms with Crippen molar-refractivity contribution in [1.82, 2.24) is 0 Å². The molecule has 0 saturated carbocycles. The van der Waals surface area contributed by atoms with Gasteiger partial charge in [-0.3, -0.25) is 9.36 Å². The van der Waals surface area contributed by atoms with Gasteiger partial charge in [-0.05, 0) is 68.5 Å². The molecule has 0 aliphatic carbocycles. The van der Waals surface area contributed by atoms with Crippen LogP contribution in [0, 0.1) is 3.57 Å². The molecule has 0 fully saturated rings. The summed E-state index contributed by atoms with van der Waals surface area (Å²) in [6.45, 7) is 6.42. The Kier molecular flexibility index (Phi) is 8.20. The predicted octanol–water partition coefficient (Wildman–Crippen LogP) is 3.29. The second-order valence-corrected chi connectivity index (χ2v) is 8.56. The van der Waals surface area contributed by atoms with Crippen LogP contribution in [0.5, 0.6) is 0 Å². The molecular formula is C15H20IN2O6P. The van der Waals surface area contributed by atoms with E-state index in [1.165, 1.54) is 6.07 Å². The van der Waals surface area contributed by atoms with Crippen molar-refractivity contribution >= 4 is 47.5 Å². The van der Waals surface area contributed by atoms with Crippen molar-refractivity contribution in [3.63, 3.8) is 0 Å². The molecule has 0 aromatic heterocycles. The first-order chi connectivity index (χ1) is 11.5. The van der Waals surface area contributed by atoms with Crippen molar-refractivity contribution in [3.05, 3.63) is 33.4 Å². The number of amides is 1. The maximum atomic E-state index is 12.9. The Morgan fingerprint density at radius 3 is 2.16 bits per heavy atom. The monoisotopic (exact) mass is 482 g/mol. The number of oxime groups is 1. The summed E-state index contributed by atoms with van der Waals surface area (Å²) >= 11 is 2.03. The van der Waals surface area contributed by atoms with Crippen molar-refractivity contribution < 1.29 is 28.0 Å². The Labute approximate surface area is 159 Å². The zero-order valence-corrected chi connectivity index (χ0v) is 17.3. The van der Waals surface area contributed by atoms with E-state index in [0.29, 0.717) is 0 Å². The van der Waals surface area contributed by atoms with E-state index in [4.69, 9.17) is 19.6 Å². The Bertz CT molecular complexity index is 706. The summed E-state index contributed by atoms with van der Waals surface area (Å²) in [6, 6.07) is 6.53. The van der Waals surface area contributed by atoms with E-state index in [-0.39, 0.29) is 5.56 Å². The van der Waals surface area contributed by atoms with Gasteiger partial charge in [-0.25, -0.2) is 4.79 Å². The molecule has 0 radical (unpaired) electrons. The Hall–Kier alpha value is -1.29. The molecule has 0 unspecified atom stereocenters. The zero-order chi connectivity index (χ0) is 19.2. The first-order valence-electron chi connectivity index (χ1n) is 7.37. The second kappa shape index (κ2) is 9.42. The Balaban J connectivity index is 3.14. The van der Waals surface area contributed by atoms with Gasteiger partial charge in [0.05, 0.1) is 17.8 Å². The molecule has 10 heteroatoms. The number of nitrogens with two attached hydrogens (primary N) is 1. The van der Waals surface area contributed by atoms with Crippen LogP contribution in [0.25, 0.3) is 0 Å². The molecule has 138 valence electrons. The minimum Gasteiger partial charge on any atom is -0.364 e. The summed E-state index contributed by atoms with van der Waals surface area (Å²) in [4.78, 5) is 28.4. The molecule has 1 aromatic carbocycles. The molecule has 1 amide bonds. The number of primary amides is 1. The van der Waals surface area contributed by atoms with Crippen LogP contribution in [0.1, 0.15) is 38.1 Å². The van der Waals surface area contributed by atoms with Gasteiger partial charge in [-0.2, -0.15) is 0 Å². The normalized spacial score (nSPS) is 12.5. The van der Waals surface area contributed by atoms with Crippen molar-refractivity contribution in [2.24, 2.45) is 10.9 Å². The molecular weight excluding hydrogens is 462 g/mol. The molecule has 2 N–H and O–H groups in total. The van der Waals surface area contributed by atoms with Gasteiger partial charge >= 0.3 is 13.6 Å². The highest BCUT2D eigenvalue weighted by atomic mass is 127. The molecule has 0 aliphatic heterocycles. The van der Waals surface area contributed by atoms with Crippen LogP contribution in [0.15, 0.2) is 29.4 Å². The highest BCUT2D eigenvalue weighted by Gasteiger charge is 2.39. The molecule has 1 aromatic rings. The average Bonchev–Trinajstić information content (AvgIpc) is 2.44. The first-order valence-corrected chi connectivity index (χ1v) is 9.99. The number of rotatable bonds is 8. The third kappa shape index (κ3) is 6.85. The topological polar surface area (TPSA) is 117 Å². The quantitative estimate of drug-likeness (QED) is 0.200. The minimum atomic E-state index is -4.16. The van der Waals surface area contributed by atoms with E-state index in [2.05, 4.69) is 5.16 Å². The number of hydrogen-bond acceptors (Lipinski definition) is 7. The van der Waals surface area contributed by atoms with Gasteiger partial charge in [0.15, 0.2) is 0 Å². The van der Waals surface area contributed by atoms with Crippen LogP contribution in [0.3, 0.4) is 0 Å². The van der Waals surface area contributed by atoms with Crippen LogP contribution in [0.4, 0.5) is 0 Å². The number of benzene rings is 1. The van der Waals surface area contributed by atoms with Crippen LogP contribution in [-0.4, -0.2) is 29.5 Å². The molecule has 1 rings (SSSR count). The average molecular weight is 482 g/mol. The minimum absolute atomic E-state index is 0.212. The van der Waals surface area contributed by atoms with Crippen molar-refractivity contribution in [2.45, 2.75) is 39.9 Å². The smallest absolute Gasteiger partial charge is 0.364 e. The highest BCUT2D eigenvalue weighted by molar-refractivity contribution is 14.1. The van der Waals surface area contributed by atoms with E-state index in [0.717, 1.165) is 3.57 Å². The standard InChI is InChI=1S/C15H20IN2O6P/c1-9(2)23-25(21,24-10(3)4)14(13(17)19)18-22-15(20)11-6-5-7-12(16)8-11/h5-10H,1-4H3,(H2,17,19). The van der Waals surface area contributed by atoms with E-state index in [1.807, 2.05) is 22.6 Å². The van der Waals surface area contributed by atoms with Gasteiger partial charge in [-0.1, -0.05) is 11.2 Å². The van der Waals surface area contributed by atoms with Crippen LogP contribution in [-0.2, 0) is 23.2 Å². The summed E-state index contributed by atoms with van der Waals surface area (Å²) in [5.74, 6) is -2.00. The van der Waals surface area contributed by atoms with E-state index < -0.39 is 37.1 Å². The number of nitrogens with zero attached hydrogens (tertiary/aromatic N) is 1. The lowest BCUT2D eigenvalue weighted by Crippen LogP contribution is -2.27. The number of hydrogen-bond donors (Lipinski definition) is 1. The Morgan fingerprint density at radius 2 is 1.72 bits per heavy atom. The summed E-state index contributed by atoms with van der Waals surface area (Å²) in [5, 5.41) is 3.38. The van der Waals surface area contributed by atoms with Gasteiger partial charge < -0.3 is 19.6 Å². The number of halogens is 1. The lowest BCUT2D eigenvalue weighted by molar-refractivity contribution is -0.111. The molecule has 8 nitrogen and oxygen atoms in total. The second-order valence-electron chi connectivity index (χ2n) is 5.47. The first kappa shape index (κ1) is 21.8. The van der Waals surface area contributed by atoms with Crippen LogP contribution >= 0.6 is 30.2 Å². The molecule has 0 atom stereocenters. The molecule has 0 bridgehead atoms. The number of carbonyl (C=O) groups is 2. The molecule has 25 heavy (non-hydrogen) atoms. The maximum Gasteiger partial charge on any atom is 0.389 e. The van der Waals surface area contributed by atoms with Gasteiger partial charge in [-0.15, -0.1) is 0 Å². The van der Waals surface area contributed by atoms with Gasteiger partial charge in [0.25, 0.3) is 11.4 Å². The highest BCUT2D eigenvalue weighted by Crippen LogP contribution is 2.52. The van der Waals surface area contributed by atoms with Crippen molar-refractivity contribution in [2.75, 3.05) is 0 Å². The number of carbonyl (C=O) groups excluding carboxylic acids is 2. The van der Waals surface area contributed by atoms with E-state index in [9.17, 15) is 14.2 Å². The van der Waals surface area contributed by atoms with Crippen molar-refractivity contribution in [3.8, 4) is 0 Å². The summed E-state index contributed by atoms with van der Waals surface area (Å²) in [6.07, 6.45) is -1.08. The van der Waals surface area contributed by atoms with Gasteiger partial charge in [0, 0.05) is 3.57 Å². The third-order valence-electron chi connectivity index (χ3n) is 2.45. The largest absolute Gasteiger partial charge is 0.389 e. The van der Waals surface area contributed by atoms with Crippen LogP contribution < -0.4 is 5.73 Å². The fourth-order valence-corrected chi connectivity index (χ4v) is 3.98. The Morgan fingerprint density at radius 1 is 1.16 bits per heavy atom. The SMILES string of the molecule is CC(C)OP(=O)(OC(C)C)C(=NOC(=O)c1cccc(I)c1)C(N)=O. The molecule has 0 aliphatic rings. The lowest BCUT2D eigenvalue weighted by Gasteiger charge is -2.21. The maximum absolute atomic E-state index is 12.9. The van der Waals surface area contributed by atoms with Crippen LogP contribution in [0.2, 0.25) is 0 Å². The summed E-state index contributed by atoms with van der Waals surface area (Å²) in [5.41, 5.74) is 4.67. The van der Waals surface area contributed by atoms with Gasteiger partial charge in [0.2, 0.25) is 0 Å². The molecule has 0 spiro atoms. The summed E-state index contributed by atoms with van der Waals surface area (Å²) in [7, 11) is -4.16. The van der Waals surface area contributed by atoms with E-state index in [1.54, 1.807) is 45.9 Å². The van der Waals surface area contributed by atoms with Gasteiger partial charge in [0.1, 0.15) is 0 Å². The molecule has 0 saturated heterocycles. The fraction of sp³-hybridized carbons (Fsp3) is 0.400. The molecule has 0 heterocycles. The zero-order valence-electron chi connectivity index (χ0n) is 14.3. The predicted molar refractivity (Wildman–Crippen MR) is 101 cm³/mol.